The predicted molar refractivity (Wildman–Crippen MR) is 220 cm³/mol. The number of nitrogens with zero attached hydrogens (tertiary/aromatic N) is 5. The van der Waals surface area contributed by atoms with E-state index in [1.165, 1.54) is 6.07 Å². The van der Waals surface area contributed by atoms with Crippen molar-refractivity contribution in [2.75, 3.05) is 33.6 Å². The molecular weight excluding hydrogens is 798 g/mol. The van der Waals surface area contributed by atoms with Crippen LogP contribution in [0.5, 0.6) is 5.75 Å². The van der Waals surface area contributed by atoms with E-state index in [9.17, 15) is 37.6 Å². The van der Waals surface area contributed by atoms with Crippen LogP contribution in [0.25, 0.3) is 0 Å². The van der Waals surface area contributed by atoms with Crippen molar-refractivity contribution in [1.82, 2.24) is 15.2 Å². The Kier molecular flexibility index (Phi) is 11.3. The number of nitriles is 1. The highest BCUT2D eigenvalue weighted by atomic mass is 32.1. The van der Waals surface area contributed by atoms with Crippen molar-refractivity contribution in [2.45, 2.75) is 107 Å². The first kappa shape index (κ1) is 41.1. The van der Waals surface area contributed by atoms with E-state index < -0.39 is 34.9 Å². The number of rotatable bonds is 12. The standard InChI is InChI=1S/C43H45F3N8O5S/c1-2-26-19-31(54-41(60)53(40(58)42(54)14-4-15-42)32-21-33(43(44,45)46)35(22-47)48-23-32)9-11-36(26)59-16-13-25-17-29-7-8-30(18-25)52(29)24-38(56)50-28-6-3-5-27(20-28)49-34-10-12-37(55)51-39(34)57/h3,5-6,9,11,19-21,23,25,29-30,34,49H,2,4,7-8,10,12-18,24H2,1H3,(H,50,56)(H,51,55,57)/t25?,29-,30+,34?. The van der Waals surface area contributed by atoms with Gasteiger partial charge in [0.1, 0.15) is 23.4 Å². The average Bonchev–Trinajstić information content (AvgIpc) is 3.57. The number of benzene rings is 2. The molecule has 5 fully saturated rings. The van der Waals surface area contributed by atoms with Crippen LogP contribution in [0.4, 0.5) is 35.9 Å². The van der Waals surface area contributed by atoms with E-state index in [0.717, 1.165) is 67.0 Å². The van der Waals surface area contributed by atoms with Gasteiger partial charge in [0.15, 0.2) is 10.8 Å². The van der Waals surface area contributed by atoms with E-state index in [1.807, 2.05) is 37.3 Å². The summed E-state index contributed by atoms with van der Waals surface area (Å²) in [6.45, 7) is 2.80. The van der Waals surface area contributed by atoms with Crippen LogP contribution in [0.3, 0.4) is 0 Å². The minimum Gasteiger partial charge on any atom is -0.493 e. The summed E-state index contributed by atoms with van der Waals surface area (Å²) in [5.41, 5.74) is -0.279. The van der Waals surface area contributed by atoms with Crippen LogP contribution in [-0.2, 0) is 31.8 Å². The molecule has 1 aliphatic carbocycles. The lowest BCUT2D eigenvalue weighted by molar-refractivity contribution is -0.138. The van der Waals surface area contributed by atoms with Crippen LogP contribution in [0.2, 0.25) is 0 Å². The molecule has 314 valence electrons. The van der Waals surface area contributed by atoms with Crippen LogP contribution >= 0.6 is 12.2 Å². The Balaban J connectivity index is 0.863. The molecule has 2 bridgehead atoms. The minimum absolute atomic E-state index is 0.0574. The maximum atomic E-state index is 14.0. The van der Waals surface area contributed by atoms with Gasteiger partial charge >= 0.3 is 6.18 Å². The van der Waals surface area contributed by atoms with Gasteiger partial charge in [-0.2, -0.15) is 18.4 Å². The number of nitrogens with one attached hydrogen (secondary N) is 3. The van der Waals surface area contributed by atoms with Crippen molar-refractivity contribution >= 4 is 63.7 Å². The zero-order valence-electron chi connectivity index (χ0n) is 33.0. The second-order valence-corrected chi connectivity index (χ2v) is 16.7. The smallest absolute Gasteiger partial charge is 0.419 e. The second kappa shape index (κ2) is 16.5. The molecule has 2 aromatic carbocycles. The number of ether oxygens (including phenoxy) is 1. The number of carbonyl (C=O) groups is 4. The number of halogens is 3. The van der Waals surface area contributed by atoms with Crippen LogP contribution in [-0.4, -0.2) is 75.4 Å². The number of carbonyl (C=O) groups excluding carboxylic acids is 4. The highest BCUT2D eigenvalue weighted by molar-refractivity contribution is 7.81. The van der Waals surface area contributed by atoms with Gasteiger partial charge in [-0.15, -0.1) is 0 Å². The van der Waals surface area contributed by atoms with Gasteiger partial charge in [0.25, 0.3) is 5.91 Å². The molecule has 3 N–H and O–H groups in total. The lowest BCUT2D eigenvalue weighted by atomic mass is 9.75. The van der Waals surface area contributed by atoms with E-state index in [2.05, 4.69) is 25.8 Å². The van der Waals surface area contributed by atoms with Crippen molar-refractivity contribution < 1.29 is 37.1 Å². The Hall–Kier alpha value is -5.60. The Morgan fingerprint density at radius 3 is 2.47 bits per heavy atom. The normalized spacial score (nSPS) is 23.6. The average molecular weight is 843 g/mol. The molecule has 1 aromatic heterocycles. The molecule has 5 aliphatic rings. The van der Waals surface area contributed by atoms with Crippen LogP contribution < -0.4 is 30.5 Å². The number of aryl methyl sites for hydroxylation is 1. The van der Waals surface area contributed by atoms with Gasteiger partial charge < -0.3 is 20.3 Å². The number of hydrogen-bond donors (Lipinski definition) is 3. The number of amides is 4. The molecule has 3 aromatic rings. The van der Waals surface area contributed by atoms with Gasteiger partial charge in [0, 0.05) is 35.6 Å². The quantitative estimate of drug-likeness (QED) is 0.136. The molecular formula is C43H45F3N8O5S. The third kappa shape index (κ3) is 7.90. The molecule has 8 rings (SSSR count). The Bertz CT molecular complexity index is 2260. The highest BCUT2D eigenvalue weighted by Gasteiger charge is 2.60. The summed E-state index contributed by atoms with van der Waals surface area (Å²) >= 11 is 5.80. The molecule has 17 heteroatoms. The van der Waals surface area contributed by atoms with Gasteiger partial charge in [-0.25, -0.2) is 4.98 Å². The van der Waals surface area contributed by atoms with E-state index in [0.29, 0.717) is 73.9 Å². The maximum absolute atomic E-state index is 14.0. The number of aromatic nitrogens is 1. The molecule has 0 radical (unpaired) electrons. The monoisotopic (exact) mass is 842 g/mol. The molecule has 4 atom stereocenters. The molecule has 4 saturated heterocycles. The molecule has 1 spiro atoms. The molecule has 4 amide bonds. The second-order valence-electron chi connectivity index (χ2n) is 16.3. The first-order valence-corrected chi connectivity index (χ1v) is 20.9. The third-order valence-corrected chi connectivity index (χ3v) is 13.0. The Labute approximate surface area is 350 Å². The Morgan fingerprint density at radius 1 is 1.05 bits per heavy atom. The number of alkyl halides is 3. The van der Waals surface area contributed by atoms with Gasteiger partial charge in [-0.05, 0) is 130 Å². The lowest BCUT2D eigenvalue weighted by Gasteiger charge is -2.43. The van der Waals surface area contributed by atoms with Crippen LogP contribution in [0.1, 0.15) is 88.0 Å². The summed E-state index contributed by atoms with van der Waals surface area (Å²) in [6, 6.07) is 15.2. The van der Waals surface area contributed by atoms with E-state index in [1.54, 1.807) is 17.0 Å². The highest BCUT2D eigenvalue weighted by Crippen LogP contribution is 2.49. The molecule has 5 heterocycles. The Morgan fingerprint density at radius 2 is 1.80 bits per heavy atom. The first-order valence-electron chi connectivity index (χ1n) is 20.5. The third-order valence-electron chi connectivity index (χ3n) is 12.6. The largest absolute Gasteiger partial charge is 0.493 e. The van der Waals surface area contributed by atoms with Crippen molar-refractivity contribution in [2.24, 2.45) is 5.92 Å². The summed E-state index contributed by atoms with van der Waals surface area (Å²) in [7, 11) is 0. The van der Waals surface area contributed by atoms with Crippen molar-refractivity contribution in [3.8, 4) is 11.8 Å². The summed E-state index contributed by atoms with van der Waals surface area (Å²) in [5.74, 6) is 0.0120. The first-order chi connectivity index (χ1) is 28.8. The maximum Gasteiger partial charge on any atom is 0.419 e. The molecule has 13 nitrogen and oxygen atoms in total. The summed E-state index contributed by atoms with van der Waals surface area (Å²) in [6.07, 6.45) is 4.15. The predicted octanol–water partition coefficient (Wildman–Crippen LogP) is 6.46. The number of thiocarbonyl (C=S) groups is 1. The molecule has 4 aliphatic heterocycles. The fourth-order valence-electron chi connectivity index (χ4n) is 9.51. The minimum atomic E-state index is -4.84. The van der Waals surface area contributed by atoms with Crippen LogP contribution in [0.15, 0.2) is 54.7 Å². The van der Waals surface area contributed by atoms with Crippen molar-refractivity contribution in [1.29, 1.82) is 5.26 Å². The van der Waals surface area contributed by atoms with Gasteiger partial charge in [-0.1, -0.05) is 13.0 Å². The zero-order valence-corrected chi connectivity index (χ0v) is 33.8. The molecule has 2 unspecified atom stereocenters. The van der Waals surface area contributed by atoms with E-state index in [-0.39, 0.29) is 34.9 Å². The molecule has 60 heavy (non-hydrogen) atoms. The number of pyridine rings is 1. The number of piperidine rings is 2. The number of anilines is 4. The van der Waals surface area contributed by atoms with Crippen LogP contribution in [0, 0.1) is 17.2 Å². The SMILES string of the molecule is CCc1cc(N2C(=S)N(c3cnc(C#N)c(C(F)(F)F)c3)C(=O)C23CCC3)ccc1OCCC1C[C@H]2CC[C@@H](C1)N2CC(=O)Nc1cccc(NC2CCC(=O)NC2=O)c1. The van der Waals surface area contributed by atoms with E-state index >= 15 is 0 Å². The fraction of sp³-hybridized carbons (Fsp3) is 0.465. The summed E-state index contributed by atoms with van der Waals surface area (Å²) in [4.78, 5) is 59.8. The zero-order chi connectivity index (χ0) is 42.3. The number of imide groups is 1. The van der Waals surface area contributed by atoms with Gasteiger partial charge in [0.2, 0.25) is 17.7 Å². The lowest BCUT2D eigenvalue weighted by Crippen LogP contribution is -2.55. The van der Waals surface area contributed by atoms with Crippen molar-refractivity contribution in [3.05, 3.63) is 71.5 Å². The number of hydrogen-bond acceptors (Lipinski definition) is 10. The van der Waals surface area contributed by atoms with Gasteiger partial charge in [-0.3, -0.25) is 34.3 Å². The molecule has 1 saturated carbocycles. The van der Waals surface area contributed by atoms with Crippen molar-refractivity contribution in [3.63, 3.8) is 0 Å². The fourth-order valence-corrected chi connectivity index (χ4v) is 9.98. The summed E-state index contributed by atoms with van der Waals surface area (Å²) in [5, 5.41) is 17.8. The van der Waals surface area contributed by atoms with E-state index in [4.69, 9.17) is 17.0 Å². The number of fused-ring (bicyclic) bond motifs is 2. The topological polar surface area (TPSA) is 160 Å². The van der Waals surface area contributed by atoms with Gasteiger partial charge in [0.05, 0.1) is 30.6 Å². The summed E-state index contributed by atoms with van der Waals surface area (Å²) < 4.78 is 47.9.